The van der Waals surface area contributed by atoms with Crippen molar-refractivity contribution in [3.8, 4) is 0 Å². The minimum Gasteiger partial charge on any atom is -0.321 e. The van der Waals surface area contributed by atoms with E-state index in [1.807, 2.05) is 0 Å². The summed E-state index contributed by atoms with van der Waals surface area (Å²) in [7, 11) is -1.15. The van der Waals surface area contributed by atoms with Gasteiger partial charge in [0, 0.05) is 5.41 Å². The SMILES string of the molecule is CC(C)C1OP(Cl)OCC1(C)C. The zero-order valence-corrected chi connectivity index (χ0v) is 9.65. The summed E-state index contributed by atoms with van der Waals surface area (Å²) in [6.07, 6.45) is 0.217. The van der Waals surface area contributed by atoms with Gasteiger partial charge in [-0.25, -0.2) is 0 Å². The molecule has 2 atom stereocenters. The summed E-state index contributed by atoms with van der Waals surface area (Å²) in [6.45, 7) is 9.30. The molecule has 1 saturated heterocycles. The van der Waals surface area contributed by atoms with Crippen molar-refractivity contribution in [2.75, 3.05) is 6.61 Å². The predicted octanol–water partition coefficient (Wildman–Crippen LogP) is 3.55. The van der Waals surface area contributed by atoms with Crippen LogP contribution in [-0.2, 0) is 9.05 Å². The first kappa shape index (κ1) is 10.7. The second kappa shape index (κ2) is 3.79. The van der Waals surface area contributed by atoms with Crippen molar-refractivity contribution < 1.29 is 9.05 Å². The molecule has 0 aliphatic carbocycles. The van der Waals surface area contributed by atoms with E-state index < -0.39 is 7.73 Å². The van der Waals surface area contributed by atoms with E-state index in [4.69, 9.17) is 20.3 Å². The van der Waals surface area contributed by atoms with E-state index in [9.17, 15) is 0 Å². The zero-order chi connectivity index (χ0) is 9.35. The predicted molar refractivity (Wildman–Crippen MR) is 52.2 cm³/mol. The molecule has 0 aromatic rings. The average Bonchev–Trinajstić information content (AvgIpc) is 1.94. The molecular formula is C8H16ClO2P. The van der Waals surface area contributed by atoms with E-state index in [1.165, 1.54) is 0 Å². The molecule has 1 fully saturated rings. The van der Waals surface area contributed by atoms with Gasteiger partial charge in [-0.15, -0.1) is 0 Å². The molecule has 0 aromatic heterocycles. The largest absolute Gasteiger partial charge is 0.321 e. The van der Waals surface area contributed by atoms with Gasteiger partial charge in [0.05, 0.1) is 12.7 Å². The quantitative estimate of drug-likeness (QED) is 0.617. The summed E-state index contributed by atoms with van der Waals surface area (Å²) >= 11 is 5.80. The van der Waals surface area contributed by atoms with Crippen LogP contribution in [0.2, 0.25) is 0 Å². The summed E-state index contributed by atoms with van der Waals surface area (Å²) in [6, 6.07) is 0. The van der Waals surface area contributed by atoms with Gasteiger partial charge in [-0.2, -0.15) is 0 Å². The molecule has 0 spiro atoms. The first-order chi connectivity index (χ1) is 5.43. The van der Waals surface area contributed by atoms with E-state index >= 15 is 0 Å². The van der Waals surface area contributed by atoms with Crippen LogP contribution < -0.4 is 0 Å². The van der Waals surface area contributed by atoms with Crippen molar-refractivity contribution in [2.45, 2.75) is 33.8 Å². The fourth-order valence-corrected chi connectivity index (χ4v) is 3.19. The van der Waals surface area contributed by atoms with Crippen molar-refractivity contribution in [2.24, 2.45) is 11.3 Å². The maximum Gasteiger partial charge on any atom is 0.277 e. The standard InChI is InChI=1S/C8H16ClO2P/c1-6(2)7-8(3,4)5-10-12(9)11-7/h6-7H,5H2,1-4H3. The lowest BCUT2D eigenvalue weighted by molar-refractivity contribution is -0.0295. The molecular weight excluding hydrogens is 195 g/mol. The van der Waals surface area contributed by atoms with Crippen LogP contribution in [0.25, 0.3) is 0 Å². The Labute approximate surface area is 80.3 Å². The molecule has 0 amide bonds. The van der Waals surface area contributed by atoms with Crippen LogP contribution in [-0.4, -0.2) is 12.7 Å². The van der Waals surface area contributed by atoms with Crippen LogP contribution in [0.5, 0.6) is 0 Å². The molecule has 2 nitrogen and oxygen atoms in total. The Kier molecular flexibility index (Phi) is 3.39. The molecule has 1 rings (SSSR count). The Morgan fingerprint density at radius 2 is 2.08 bits per heavy atom. The highest BCUT2D eigenvalue weighted by molar-refractivity contribution is 7.76. The second-order valence-corrected chi connectivity index (χ2v) is 5.97. The lowest BCUT2D eigenvalue weighted by atomic mass is 9.81. The van der Waals surface area contributed by atoms with E-state index in [1.54, 1.807) is 0 Å². The van der Waals surface area contributed by atoms with Crippen LogP contribution in [0.4, 0.5) is 0 Å². The number of hydrogen-bond acceptors (Lipinski definition) is 2. The molecule has 0 bridgehead atoms. The lowest BCUT2D eigenvalue weighted by Crippen LogP contribution is -2.41. The Morgan fingerprint density at radius 1 is 1.50 bits per heavy atom. The number of halogens is 1. The normalized spacial score (nSPS) is 35.5. The minimum absolute atomic E-state index is 0.0852. The highest BCUT2D eigenvalue weighted by Gasteiger charge is 2.39. The van der Waals surface area contributed by atoms with Crippen molar-refractivity contribution in [1.82, 2.24) is 0 Å². The minimum atomic E-state index is -1.15. The maximum absolute atomic E-state index is 5.80. The van der Waals surface area contributed by atoms with Gasteiger partial charge in [-0.3, -0.25) is 0 Å². The van der Waals surface area contributed by atoms with Gasteiger partial charge >= 0.3 is 0 Å². The molecule has 0 aromatic carbocycles. The van der Waals surface area contributed by atoms with Gasteiger partial charge in [0.25, 0.3) is 7.73 Å². The molecule has 72 valence electrons. The Balaban J connectivity index is 2.65. The molecule has 0 radical (unpaired) electrons. The van der Waals surface area contributed by atoms with Gasteiger partial charge in [0.15, 0.2) is 0 Å². The highest BCUT2D eigenvalue weighted by atomic mass is 35.7. The van der Waals surface area contributed by atoms with Gasteiger partial charge in [-0.1, -0.05) is 27.7 Å². The monoisotopic (exact) mass is 210 g/mol. The highest BCUT2D eigenvalue weighted by Crippen LogP contribution is 2.54. The summed E-state index contributed by atoms with van der Waals surface area (Å²) < 4.78 is 10.9. The fraction of sp³-hybridized carbons (Fsp3) is 1.00. The van der Waals surface area contributed by atoms with Gasteiger partial charge < -0.3 is 9.05 Å². The lowest BCUT2D eigenvalue weighted by Gasteiger charge is -2.41. The van der Waals surface area contributed by atoms with Crippen LogP contribution in [0.3, 0.4) is 0 Å². The zero-order valence-electron chi connectivity index (χ0n) is 8.00. The molecule has 2 unspecified atom stereocenters. The number of rotatable bonds is 1. The maximum atomic E-state index is 5.80. The Hall–Kier alpha value is 0.640. The van der Waals surface area contributed by atoms with Crippen molar-refractivity contribution in [3.05, 3.63) is 0 Å². The Morgan fingerprint density at radius 3 is 2.50 bits per heavy atom. The Bertz CT molecular complexity index is 161. The van der Waals surface area contributed by atoms with Crippen LogP contribution in [0, 0.1) is 11.3 Å². The van der Waals surface area contributed by atoms with Crippen molar-refractivity contribution in [3.63, 3.8) is 0 Å². The van der Waals surface area contributed by atoms with Crippen LogP contribution in [0.15, 0.2) is 0 Å². The second-order valence-electron chi connectivity index (χ2n) is 4.24. The van der Waals surface area contributed by atoms with E-state index in [2.05, 4.69) is 27.7 Å². The van der Waals surface area contributed by atoms with Crippen LogP contribution >= 0.6 is 19.0 Å². The molecule has 0 saturated carbocycles. The van der Waals surface area contributed by atoms with Gasteiger partial charge in [0.2, 0.25) is 0 Å². The van der Waals surface area contributed by atoms with E-state index in [0.29, 0.717) is 12.5 Å². The third kappa shape index (κ3) is 2.32. The summed E-state index contributed by atoms with van der Waals surface area (Å²) in [4.78, 5) is 0. The summed E-state index contributed by atoms with van der Waals surface area (Å²) in [5, 5.41) is 0. The molecule has 4 heteroatoms. The van der Waals surface area contributed by atoms with Crippen molar-refractivity contribution in [1.29, 1.82) is 0 Å². The first-order valence-electron chi connectivity index (χ1n) is 4.19. The van der Waals surface area contributed by atoms with Crippen molar-refractivity contribution >= 4 is 19.0 Å². The molecule has 0 N–H and O–H groups in total. The summed E-state index contributed by atoms with van der Waals surface area (Å²) in [5.41, 5.74) is 0.0852. The smallest absolute Gasteiger partial charge is 0.277 e. The molecule has 1 aliphatic rings. The topological polar surface area (TPSA) is 18.5 Å². The molecule has 12 heavy (non-hydrogen) atoms. The molecule has 1 heterocycles. The first-order valence-corrected chi connectivity index (χ1v) is 6.27. The van der Waals surface area contributed by atoms with Crippen LogP contribution in [0.1, 0.15) is 27.7 Å². The van der Waals surface area contributed by atoms with Gasteiger partial charge in [0.1, 0.15) is 0 Å². The molecule has 1 aliphatic heterocycles. The third-order valence-electron chi connectivity index (χ3n) is 2.11. The third-order valence-corrected chi connectivity index (χ3v) is 3.37. The van der Waals surface area contributed by atoms with Gasteiger partial charge in [-0.05, 0) is 17.2 Å². The van der Waals surface area contributed by atoms with E-state index in [-0.39, 0.29) is 11.5 Å². The summed E-state index contributed by atoms with van der Waals surface area (Å²) in [5.74, 6) is 0.493. The fourth-order valence-electron chi connectivity index (χ4n) is 1.59. The number of hydrogen-bond donors (Lipinski definition) is 0. The average molecular weight is 211 g/mol. The van der Waals surface area contributed by atoms with E-state index in [0.717, 1.165) is 0 Å².